The molecule has 31 heavy (non-hydrogen) atoms. The van der Waals surface area contributed by atoms with Gasteiger partial charge in [-0.2, -0.15) is 0 Å². The summed E-state index contributed by atoms with van der Waals surface area (Å²) < 4.78 is 7.53. The van der Waals surface area contributed by atoms with Crippen LogP contribution in [0.2, 0.25) is 0 Å². The zero-order chi connectivity index (χ0) is 21.0. The molecule has 1 N–H and O–H groups in total. The molecule has 164 valence electrons. The summed E-state index contributed by atoms with van der Waals surface area (Å²) in [6.07, 6.45) is 6.71. The Morgan fingerprint density at radius 3 is 2.94 bits per heavy atom. The summed E-state index contributed by atoms with van der Waals surface area (Å²) in [4.78, 5) is 26.8. The van der Waals surface area contributed by atoms with Crippen molar-refractivity contribution in [3.05, 3.63) is 36.7 Å². The van der Waals surface area contributed by atoms with E-state index in [1.54, 1.807) is 6.20 Å². The molecule has 0 spiro atoms. The molecule has 3 aromatic heterocycles. The Labute approximate surface area is 182 Å². The third-order valence-electron chi connectivity index (χ3n) is 6.36. The molecule has 2 saturated heterocycles. The van der Waals surface area contributed by atoms with Crippen LogP contribution < -0.4 is 10.2 Å². The first-order valence-electron chi connectivity index (χ1n) is 11.3. The molecular formula is C23H30N6O2. The minimum atomic E-state index is -0.00613. The number of anilines is 1. The van der Waals surface area contributed by atoms with Crippen LogP contribution in [0.4, 0.5) is 5.82 Å². The molecule has 3 aromatic rings. The van der Waals surface area contributed by atoms with E-state index in [1.165, 1.54) is 0 Å². The molecule has 8 nitrogen and oxygen atoms in total. The molecule has 0 bridgehead atoms. The van der Waals surface area contributed by atoms with Gasteiger partial charge in [0.15, 0.2) is 11.5 Å². The highest BCUT2D eigenvalue weighted by Gasteiger charge is 2.28. The molecule has 0 aromatic carbocycles. The highest BCUT2D eigenvalue weighted by Crippen LogP contribution is 2.28. The molecule has 2 aliphatic rings. The number of aromatic nitrogens is 3. The van der Waals surface area contributed by atoms with Gasteiger partial charge in [0, 0.05) is 45.1 Å². The number of ether oxygens (including phenoxy) is 1. The fourth-order valence-corrected chi connectivity index (χ4v) is 4.69. The molecule has 0 radical (unpaired) electrons. The van der Waals surface area contributed by atoms with Gasteiger partial charge in [0.2, 0.25) is 5.91 Å². The Hall–Kier alpha value is -2.71. The monoisotopic (exact) mass is 422 g/mol. The van der Waals surface area contributed by atoms with E-state index in [4.69, 9.17) is 9.72 Å². The van der Waals surface area contributed by atoms with Gasteiger partial charge in [-0.1, -0.05) is 0 Å². The zero-order valence-electron chi connectivity index (χ0n) is 17.9. The lowest BCUT2D eigenvalue weighted by Crippen LogP contribution is -2.44. The third kappa shape index (κ3) is 4.36. The number of rotatable bonds is 6. The second-order valence-electron chi connectivity index (χ2n) is 8.43. The summed E-state index contributed by atoms with van der Waals surface area (Å²) in [5.74, 6) is 1.08. The van der Waals surface area contributed by atoms with Crippen molar-refractivity contribution in [2.24, 2.45) is 5.92 Å². The second kappa shape index (κ2) is 9.20. The number of hydrogen-bond donors (Lipinski definition) is 1. The largest absolute Gasteiger partial charge is 0.379 e. The van der Waals surface area contributed by atoms with Gasteiger partial charge in [0.1, 0.15) is 0 Å². The molecule has 5 heterocycles. The number of pyridine rings is 1. The zero-order valence-corrected chi connectivity index (χ0v) is 17.9. The molecule has 2 aliphatic heterocycles. The number of nitrogens with zero attached hydrogens (tertiary/aromatic N) is 5. The highest BCUT2D eigenvalue weighted by molar-refractivity contribution is 5.84. The minimum absolute atomic E-state index is 0.00613. The second-order valence-corrected chi connectivity index (χ2v) is 8.43. The van der Waals surface area contributed by atoms with E-state index in [0.717, 1.165) is 87.7 Å². The van der Waals surface area contributed by atoms with Crippen molar-refractivity contribution in [2.45, 2.75) is 19.3 Å². The number of nitrogens with one attached hydrogen (secondary N) is 1. The minimum Gasteiger partial charge on any atom is -0.379 e. The summed E-state index contributed by atoms with van der Waals surface area (Å²) in [5.41, 5.74) is 2.79. The number of piperidine rings is 1. The van der Waals surface area contributed by atoms with Crippen molar-refractivity contribution in [3.8, 4) is 0 Å². The van der Waals surface area contributed by atoms with Gasteiger partial charge in [-0.3, -0.25) is 9.69 Å². The summed E-state index contributed by atoms with van der Waals surface area (Å²) in [6.45, 7) is 6.97. The average Bonchev–Trinajstić information content (AvgIpc) is 3.32. The van der Waals surface area contributed by atoms with Gasteiger partial charge in [0.25, 0.3) is 0 Å². The fourth-order valence-electron chi connectivity index (χ4n) is 4.69. The van der Waals surface area contributed by atoms with E-state index in [0.29, 0.717) is 6.54 Å². The Morgan fingerprint density at radius 2 is 2.03 bits per heavy atom. The molecule has 8 heteroatoms. The van der Waals surface area contributed by atoms with E-state index >= 15 is 0 Å². The van der Waals surface area contributed by atoms with Crippen molar-refractivity contribution < 1.29 is 9.53 Å². The van der Waals surface area contributed by atoms with Crippen LogP contribution in [-0.4, -0.2) is 77.7 Å². The van der Waals surface area contributed by atoms with Gasteiger partial charge >= 0.3 is 0 Å². The summed E-state index contributed by atoms with van der Waals surface area (Å²) in [5, 5.41) is 3.16. The Bertz CT molecular complexity index is 1040. The van der Waals surface area contributed by atoms with Crippen LogP contribution in [0.5, 0.6) is 0 Å². The quantitative estimate of drug-likeness (QED) is 0.612. The lowest BCUT2D eigenvalue weighted by Gasteiger charge is -2.33. The SMILES string of the molecule is O=C(NCCCN1CCOCC1)[C@H]1CCCN(c2nc3ncccc3n3cccc23)C1. The Morgan fingerprint density at radius 1 is 1.16 bits per heavy atom. The van der Waals surface area contributed by atoms with E-state index < -0.39 is 0 Å². The van der Waals surface area contributed by atoms with Crippen molar-refractivity contribution in [3.63, 3.8) is 0 Å². The summed E-state index contributed by atoms with van der Waals surface area (Å²) >= 11 is 0. The first kappa shape index (κ1) is 20.2. The predicted molar refractivity (Wildman–Crippen MR) is 120 cm³/mol. The maximum Gasteiger partial charge on any atom is 0.224 e. The predicted octanol–water partition coefficient (Wildman–Crippen LogP) is 1.94. The van der Waals surface area contributed by atoms with Crippen LogP contribution in [0, 0.1) is 5.92 Å². The Balaban J connectivity index is 1.23. The fraction of sp³-hybridized carbons (Fsp3) is 0.522. The van der Waals surface area contributed by atoms with Crippen LogP contribution >= 0.6 is 0 Å². The number of amides is 1. The topological polar surface area (TPSA) is 75.0 Å². The number of carbonyl (C=O) groups excluding carboxylic acids is 1. The third-order valence-corrected chi connectivity index (χ3v) is 6.36. The number of hydrogen-bond acceptors (Lipinski definition) is 6. The molecule has 2 fully saturated rings. The van der Waals surface area contributed by atoms with Crippen molar-refractivity contribution in [1.29, 1.82) is 0 Å². The van der Waals surface area contributed by atoms with E-state index in [9.17, 15) is 4.79 Å². The maximum atomic E-state index is 12.8. The summed E-state index contributed by atoms with van der Waals surface area (Å²) in [7, 11) is 0. The van der Waals surface area contributed by atoms with Crippen LogP contribution in [0.3, 0.4) is 0 Å². The van der Waals surface area contributed by atoms with Crippen LogP contribution in [0.15, 0.2) is 36.7 Å². The first-order chi connectivity index (χ1) is 15.3. The van der Waals surface area contributed by atoms with E-state index in [2.05, 4.69) is 30.6 Å². The van der Waals surface area contributed by atoms with Crippen molar-refractivity contribution in [1.82, 2.24) is 24.6 Å². The number of carbonyl (C=O) groups is 1. The molecule has 1 amide bonds. The van der Waals surface area contributed by atoms with Gasteiger partial charge < -0.3 is 19.4 Å². The summed E-state index contributed by atoms with van der Waals surface area (Å²) in [6, 6.07) is 8.10. The number of morpholine rings is 1. The number of fused-ring (bicyclic) bond motifs is 3. The molecule has 0 saturated carbocycles. The van der Waals surface area contributed by atoms with Gasteiger partial charge in [-0.15, -0.1) is 0 Å². The molecular weight excluding hydrogens is 392 g/mol. The standard InChI is InChI=1S/C23H30N6O2/c30-23(25-9-4-10-27-13-15-31-16-14-27)18-5-2-11-28(17-18)22-20-7-3-12-29(20)19-6-1-8-24-21(19)26-22/h1,3,6-8,12,18H,2,4-5,9-11,13-17H2,(H,25,30)/t18-/m0/s1. The molecule has 1 atom stereocenters. The lowest BCUT2D eigenvalue weighted by atomic mass is 9.97. The smallest absolute Gasteiger partial charge is 0.224 e. The van der Waals surface area contributed by atoms with E-state index in [1.807, 2.05) is 24.4 Å². The first-order valence-corrected chi connectivity index (χ1v) is 11.3. The van der Waals surface area contributed by atoms with Crippen LogP contribution in [0.1, 0.15) is 19.3 Å². The van der Waals surface area contributed by atoms with Crippen LogP contribution in [-0.2, 0) is 9.53 Å². The van der Waals surface area contributed by atoms with Crippen molar-refractivity contribution in [2.75, 3.05) is 57.4 Å². The van der Waals surface area contributed by atoms with Crippen LogP contribution in [0.25, 0.3) is 16.7 Å². The van der Waals surface area contributed by atoms with Gasteiger partial charge in [-0.25, -0.2) is 9.97 Å². The normalized spacial score (nSPS) is 20.4. The molecule has 0 unspecified atom stereocenters. The lowest BCUT2D eigenvalue weighted by molar-refractivity contribution is -0.125. The maximum absolute atomic E-state index is 12.8. The molecule has 0 aliphatic carbocycles. The average molecular weight is 423 g/mol. The van der Waals surface area contributed by atoms with Gasteiger partial charge in [-0.05, 0) is 50.1 Å². The van der Waals surface area contributed by atoms with E-state index in [-0.39, 0.29) is 11.8 Å². The Kier molecular flexibility index (Phi) is 5.99. The highest BCUT2D eigenvalue weighted by atomic mass is 16.5. The van der Waals surface area contributed by atoms with Gasteiger partial charge in [0.05, 0.1) is 30.2 Å². The molecule has 5 rings (SSSR count). The van der Waals surface area contributed by atoms with Crippen molar-refractivity contribution >= 4 is 28.4 Å².